The number of nitro benzene ring substituents is 1. The van der Waals surface area contributed by atoms with Crippen LogP contribution in [0.5, 0.6) is 5.75 Å². The molecule has 1 atom stereocenters. The van der Waals surface area contributed by atoms with Crippen LogP contribution >= 0.6 is 11.6 Å². The van der Waals surface area contributed by atoms with Crippen molar-refractivity contribution >= 4 is 45.6 Å². The van der Waals surface area contributed by atoms with Crippen molar-refractivity contribution < 1.29 is 28.8 Å². The van der Waals surface area contributed by atoms with Gasteiger partial charge in [-0.3, -0.25) is 24.5 Å². The molecule has 44 heavy (non-hydrogen) atoms. The minimum Gasteiger partial charge on any atom is -0.507 e. The van der Waals surface area contributed by atoms with E-state index in [2.05, 4.69) is 0 Å². The first-order valence-electron chi connectivity index (χ1n) is 13.5. The van der Waals surface area contributed by atoms with Gasteiger partial charge in [-0.25, -0.2) is 4.79 Å². The zero-order valence-corrected chi connectivity index (χ0v) is 24.0. The number of aromatic hydroxyl groups is 1. The third-order valence-corrected chi connectivity index (χ3v) is 7.60. The van der Waals surface area contributed by atoms with Crippen LogP contribution in [0.1, 0.15) is 62.6 Å². The Balaban J connectivity index is 0.000000186. The number of carbonyl (C=O) groups excluding carboxylic acids is 3. The summed E-state index contributed by atoms with van der Waals surface area (Å²) >= 11 is 5.81. The molecule has 4 aromatic carbocycles. The molecule has 6 rings (SSSR count). The second-order valence-corrected chi connectivity index (χ2v) is 10.7. The first kappa shape index (κ1) is 30.1. The Labute approximate surface area is 255 Å². The molecule has 1 unspecified atom stereocenters. The molecule has 1 aromatic heterocycles. The molecule has 0 radical (unpaired) electrons. The van der Waals surface area contributed by atoms with Crippen LogP contribution in [0.4, 0.5) is 5.69 Å². The van der Waals surface area contributed by atoms with E-state index in [-0.39, 0.29) is 46.4 Å². The van der Waals surface area contributed by atoms with E-state index in [1.165, 1.54) is 31.2 Å². The molecule has 10 heteroatoms. The Morgan fingerprint density at radius 3 is 2.02 bits per heavy atom. The number of nitro groups is 1. The van der Waals surface area contributed by atoms with Crippen LogP contribution in [-0.2, 0) is 4.79 Å². The summed E-state index contributed by atoms with van der Waals surface area (Å²) in [5.41, 5.74) is 1.59. The molecule has 0 aliphatic heterocycles. The number of non-ortho nitro benzene ring substituents is 1. The number of nitrogens with zero attached hydrogens (tertiary/aromatic N) is 1. The molecule has 9 nitrogen and oxygen atoms in total. The normalized spacial score (nSPS) is 13.2. The number of ketones is 3. The predicted molar refractivity (Wildman–Crippen MR) is 164 cm³/mol. The first-order chi connectivity index (χ1) is 21.1. The van der Waals surface area contributed by atoms with Gasteiger partial charge in [-0.15, -0.1) is 0 Å². The Morgan fingerprint density at radius 1 is 0.886 bits per heavy atom. The van der Waals surface area contributed by atoms with Gasteiger partial charge in [-0.2, -0.15) is 0 Å². The molecular weight excluding hydrogens is 586 g/mol. The fraction of sp³-hybridized carbons (Fsp3) is 0.118. The van der Waals surface area contributed by atoms with Gasteiger partial charge in [0.05, 0.1) is 15.9 Å². The molecule has 1 heterocycles. The second kappa shape index (κ2) is 12.4. The van der Waals surface area contributed by atoms with Gasteiger partial charge < -0.3 is 9.52 Å². The maximum Gasteiger partial charge on any atom is 0.343 e. The molecule has 0 amide bonds. The minimum absolute atomic E-state index is 0.0345. The van der Waals surface area contributed by atoms with E-state index in [0.29, 0.717) is 32.7 Å². The lowest BCUT2D eigenvalue weighted by Crippen LogP contribution is -2.16. The highest BCUT2D eigenvalue weighted by Crippen LogP contribution is 2.37. The molecule has 0 saturated carbocycles. The zero-order valence-electron chi connectivity index (χ0n) is 23.2. The number of Topliss-reactive ketones (excluding diaryl/α,β-unsaturated/α-hetero) is 3. The van der Waals surface area contributed by atoms with Crippen LogP contribution in [0.3, 0.4) is 0 Å². The summed E-state index contributed by atoms with van der Waals surface area (Å²) in [6.07, 6.45) is -0.0472. The average molecular weight is 610 g/mol. The summed E-state index contributed by atoms with van der Waals surface area (Å²) in [4.78, 5) is 59.0. The van der Waals surface area contributed by atoms with E-state index < -0.39 is 22.4 Å². The highest BCUT2D eigenvalue weighted by molar-refractivity contribution is 6.31. The molecule has 220 valence electrons. The van der Waals surface area contributed by atoms with Crippen LogP contribution in [0.2, 0.25) is 5.02 Å². The fourth-order valence-corrected chi connectivity index (χ4v) is 5.38. The van der Waals surface area contributed by atoms with Gasteiger partial charge in [-0.05, 0) is 42.3 Å². The number of hydrogen-bond donors (Lipinski definition) is 1. The largest absolute Gasteiger partial charge is 0.507 e. The van der Waals surface area contributed by atoms with Crippen molar-refractivity contribution in [2.24, 2.45) is 0 Å². The van der Waals surface area contributed by atoms with Gasteiger partial charge in [-0.1, -0.05) is 72.3 Å². The van der Waals surface area contributed by atoms with Gasteiger partial charge >= 0.3 is 5.63 Å². The van der Waals surface area contributed by atoms with Gasteiger partial charge in [0.2, 0.25) is 0 Å². The van der Waals surface area contributed by atoms with E-state index in [0.717, 1.165) is 0 Å². The SMILES string of the molecule is CC(=O)CC(c1ccc([N+](=O)[O-])cc1)c1c(O)c2ccccc2oc1=O.O=C1c2ccccc2C(=O)C1c1ccc(Cl)cc1. The lowest BCUT2D eigenvalue weighted by Gasteiger charge is -2.17. The summed E-state index contributed by atoms with van der Waals surface area (Å²) in [5.74, 6) is -2.17. The molecule has 0 spiro atoms. The molecule has 1 aliphatic carbocycles. The van der Waals surface area contributed by atoms with Crippen molar-refractivity contribution in [1.82, 2.24) is 0 Å². The Kier molecular flexibility index (Phi) is 8.50. The van der Waals surface area contributed by atoms with Crippen molar-refractivity contribution in [2.75, 3.05) is 0 Å². The van der Waals surface area contributed by atoms with Gasteiger partial charge in [0, 0.05) is 40.6 Å². The lowest BCUT2D eigenvalue weighted by molar-refractivity contribution is -0.384. The Hall–Kier alpha value is -5.41. The number of rotatable bonds is 6. The molecule has 1 aliphatic rings. The van der Waals surface area contributed by atoms with E-state index >= 15 is 0 Å². The molecule has 0 saturated heterocycles. The van der Waals surface area contributed by atoms with Crippen molar-refractivity contribution in [3.8, 4) is 5.75 Å². The summed E-state index contributed by atoms with van der Waals surface area (Å²) in [6, 6.07) is 25.9. The quantitative estimate of drug-likeness (QED) is 0.0935. The Bertz CT molecular complexity index is 1950. The van der Waals surface area contributed by atoms with Crippen molar-refractivity contribution in [3.63, 3.8) is 0 Å². The Morgan fingerprint density at radius 2 is 1.45 bits per heavy atom. The van der Waals surface area contributed by atoms with Crippen molar-refractivity contribution in [3.05, 3.63) is 150 Å². The molecule has 0 bridgehead atoms. The van der Waals surface area contributed by atoms with E-state index in [1.807, 2.05) is 0 Å². The summed E-state index contributed by atoms with van der Waals surface area (Å²) in [5, 5.41) is 22.4. The fourth-order valence-electron chi connectivity index (χ4n) is 5.26. The predicted octanol–water partition coefficient (Wildman–Crippen LogP) is 7.02. The van der Waals surface area contributed by atoms with Crippen LogP contribution in [0.15, 0.2) is 106 Å². The van der Waals surface area contributed by atoms with E-state index in [1.54, 1.807) is 72.8 Å². The number of para-hydroxylation sites is 1. The van der Waals surface area contributed by atoms with Crippen LogP contribution in [0, 0.1) is 10.1 Å². The lowest BCUT2D eigenvalue weighted by atomic mass is 9.87. The summed E-state index contributed by atoms with van der Waals surface area (Å²) in [7, 11) is 0. The second-order valence-electron chi connectivity index (χ2n) is 10.2. The first-order valence-corrected chi connectivity index (χ1v) is 13.9. The topological polar surface area (TPSA) is 145 Å². The highest BCUT2D eigenvalue weighted by Gasteiger charge is 2.39. The summed E-state index contributed by atoms with van der Waals surface area (Å²) < 4.78 is 5.28. The maximum atomic E-state index is 12.5. The third-order valence-electron chi connectivity index (χ3n) is 7.35. The number of benzene rings is 4. The number of carbonyl (C=O) groups is 3. The smallest absolute Gasteiger partial charge is 0.343 e. The van der Waals surface area contributed by atoms with Crippen molar-refractivity contribution in [2.45, 2.75) is 25.2 Å². The zero-order chi connectivity index (χ0) is 31.5. The van der Waals surface area contributed by atoms with Gasteiger partial charge in [0.1, 0.15) is 23.0 Å². The standard InChI is InChI=1S/C19H15NO6.C15H9ClO2/c1-11(21)10-15(12-6-8-13(9-7-12)20(24)25)17-18(22)14-4-2-3-5-16(14)26-19(17)23;16-10-7-5-9(6-8-10)13-14(17)11-3-1-2-4-12(11)15(13)18/h2-9,15,22H,10H2,1H3;1-8,13H. The minimum atomic E-state index is -0.769. The molecule has 0 fully saturated rings. The number of fused-ring (bicyclic) bond motifs is 2. The molecule has 1 N–H and O–H groups in total. The van der Waals surface area contributed by atoms with Gasteiger partial charge in [0.15, 0.2) is 11.6 Å². The monoisotopic (exact) mass is 609 g/mol. The summed E-state index contributed by atoms with van der Waals surface area (Å²) in [6.45, 7) is 1.37. The maximum absolute atomic E-state index is 12.5. The highest BCUT2D eigenvalue weighted by atomic mass is 35.5. The molecule has 5 aromatic rings. The third kappa shape index (κ3) is 5.91. The van der Waals surface area contributed by atoms with Crippen LogP contribution in [-0.4, -0.2) is 27.4 Å². The molecular formula is C34H24ClNO8. The van der Waals surface area contributed by atoms with Crippen LogP contribution < -0.4 is 5.63 Å². The average Bonchev–Trinajstić information content (AvgIpc) is 3.26. The number of hydrogen-bond acceptors (Lipinski definition) is 8. The number of halogens is 1. The van der Waals surface area contributed by atoms with Gasteiger partial charge in [0.25, 0.3) is 5.69 Å². The van der Waals surface area contributed by atoms with E-state index in [9.17, 15) is 34.4 Å². The van der Waals surface area contributed by atoms with Crippen molar-refractivity contribution in [1.29, 1.82) is 0 Å². The van der Waals surface area contributed by atoms with E-state index in [4.69, 9.17) is 16.0 Å². The van der Waals surface area contributed by atoms with Crippen LogP contribution in [0.25, 0.3) is 11.0 Å².